The standard InChI is InChI=1S/C19H21NO3/c1-14-3-6-16(7-4-14)19(21)20-10-9-15-5-8-17-18(13-15)23-12-2-11-22-17/h3-8,13H,2,9-12H2,1H3,(H,20,21). The van der Waals surface area contributed by atoms with Gasteiger partial charge in [0.05, 0.1) is 13.2 Å². The quantitative estimate of drug-likeness (QED) is 0.943. The van der Waals surface area contributed by atoms with E-state index in [0.717, 1.165) is 35.5 Å². The van der Waals surface area contributed by atoms with Crippen molar-refractivity contribution >= 4 is 5.91 Å². The predicted octanol–water partition coefficient (Wildman–Crippen LogP) is 3.13. The molecule has 0 aromatic heterocycles. The molecule has 0 saturated heterocycles. The lowest BCUT2D eigenvalue weighted by atomic mass is 10.1. The third-order valence-electron chi connectivity index (χ3n) is 3.82. The number of ether oxygens (including phenoxy) is 2. The lowest BCUT2D eigenvalue weighted by Crippen LogP contribution is -2.25. The average molecular weight is 311 g/mol. The Morgan fingerprint density at radius 2 is 1.78 bits per heavy atom. The predicted molar refractivity (Wildman–Crippen MR) is 89.3 cm³/mol. The van der Waals surface area contributed by atoms with Crippen molar-refractivity contribution in [2.75, 3.05) is 19.8 Å². The van der Waals surface area contributed by atoms with E-state index in [0.29, 0.717) is 25.3 Å². The summed E-state index contributed by atoms with van der Waals surface area (Å²) in [5.41, 5.74) is 2.96. The molecule has 0 bridgehead atoms. The van der Waals surface area contributed by atoms with E-state index in [1.165, 1.54) is 0 Å². The van der Waals surface area contributed by atoms with E-state index in [4.69, 9.17) is 9.47 Å². The number of hydrogen-bond donors (Lipinski definition) is 1. The number of hydrogen-bond acceptors (Lipinski definition) is 3. The molecule has 0 radical (unpaired) electrons. The molecule has 1 aliphatic rings. The van der Waals surface area contributed by atoms with Crippen LogP contribution in [0.4, 0.5) is 0 Å². The van der Waals surface area contributed by atoms with E-state index in [-0.39, 0.29) is 5.91 Å². The van der Waals surface area contributed by atoms with Crippen molar-refractivity contribution < 1.29 is 14.3 Å². The van der Waals surface area contributed by atoms with Crippen LogP contribution in [0.3, 0.4) is 0 Å². The molecular formula is C19H21NO3. The number of rotatable bonds is 4. The summed E-state index contributed by atoms with van der Waals surface area (Å²) in [4.78, 5) is 12.1. The first-order valence-corrected chi connectivity index (χ1v) is 7.96. The Balaban J connectivity index is 1.55. The second-order valence-corrected chi connectivity index (χ2v) is 5.70. The minimum absolute atomic E-state index is 0.0423. The summed E-state index contributed by atoms with van der Waals surface area (Å²) in [6.07, 6.45) is 1.66. The van der Waals surface area contributed by atoms with Gasteiger partial charge in [-0.2, -0.15) is 0 Å². The first kappa shape index (κ1) is 15.4. The lowest BCUT2D eigenvalue weighted by Gasteiger charge is -2.10. The Morgan fingerprint density at radius 3 is 2.57 bits per heavy atom. The van der Waals surface area contributed by atoms with Crippen LogP contribution in [0.5, 0.6) is 11.5 Å². The normalized spacial score (nSPS) is 13.3. The molecule has 4 heteroatoms. The first-order valence-electron chi connectivity index (χ1n) is 7.96. The first-order chi connectivity index (χ1) is 11.2. The van der Waals surface area contributed by atoms with Gasteiger partial charge in [0.25, 0.3) is 5.91 Å². The van der Waals surface area contributed by atoms with E-state index >= 15 is 0 Å². The third-order valence-corrected chi connectivity index (χ3v) is 3.82. The van der Waals surface area contributed by atoms with Gasteiger partial charge in [0, 0.05) is 18.5 Å². The van der Waals surface area contributed by atoms with Crippen LogP contribution in [0.25, 0.3) is 0 Å². The molecule has 2 aromatic carbocycles. The summed E-state index contributed by atoms with van der Waals surface area (Å²) < 4.78 is 11.3. The summed E-state index contributed by atoms with van der Waals surface area (Å²) in [6.45, 7) is 3.97. The highest BCUT2D eigenvalue weighted by Gasteiger charge is 2.11. The minimum atomic E-state index is -0.0423. The number of fused-ring (bicyclic) bond motifs is 1. The van der Waals surface area contributed by atoms with Crippen molar-refractivity contribution in [1.82, 2.24) is 5.32 Å². The van der Waals surface area contributed by atoms with Crippen LogP contribution in [0.15, 0.2) is 42.5 Å². The second-order valence-electron chi connectivity index (χ2n) is 5.70. The summed E-state index contributed by atoms with van der Waals surface area (Å²) in [7, 11) is 0. The fourth-order valence-corrected chi connectivity index (χ4v) is 2.49. The molecule has 1 amide bonds. The Hall–Kier alpha value is -2.49. The summed E-state index contributed by atoms with van der Waals surface area (Å²) in [6, 6.07) is 13.5. The highest BCUT2D eigenvalue weighted by Crippen LogP contribution is 2.30. The molecule has 0 saturated carbocycles. The fourth-order valence-electron chi connectivity index (χ4n) is 2.49. The molecule has 0 atom stereocenters. The maximum absolute atomic E-state index is 12.1. The number of aryl methyl sites for hydroxylation is 1. The fraction of sp³-hybridized carbons (Fsp3) is 0.316. The summed E-state index contributed by atoms with van der Waals surface area (Å²) in [5, 5.41) is 2.95. The van der Waals surface area contributed by atoms with E-state index in [9.17, 15) is 4.79 Å². The summed E-state index contributed by atoms with van der Waals surface area (Å²) in [5.74, 6) is 1.55. The topological polar surface area (TPSA) is 47.6 Å². The molecule has 1 heterocycles. The highest BCUT2D eigenvalue weighted by atomic mass is 16.5. The van der Waals surface area contributed by atoms with Crippen LogP contribution in [0.2, 0.25) is 0 Å². The van der Waals surface area contributed by atoms with Crippen LogP contribution in [-0.4, -0.2) is 25.7 Å². The minimum Gasteiger partial charge on any atom is -0.490 e. The summed E-state index contributed by atoms with van der Waals surface area (Å²) >= 11 is 0. The van der Waals surface area contributed by atoms with Crippen molar-refractivity contribution in [3.05, 3.63) is 59.2 Å². The van der Waals surface area contributed by atoms with Gasteiger partial charge in [-0.05, 0) is 43.2 Å². The van der Waals surface area contributed by atoms with Gasteiger partial charge in [-0.1, -0.05) is 23.8 Å². The monoisotopic (exact) mass is 311 g/mol. The molecule has 0 fully saturated rings. The van der Waals surface area contributed by atoms with Gasteiger partial charge in [0.1, 0.15) is 0 Å². The number of carbonyl (C=O) groups is 1. The van der Waals surface area contributed by atoms with Gasteiger partial charge in [-0.3, -0.25) is 4.79 Å². The maximum atomic E-state index is 12.1. The molecule has 3 rings (SSSR count). The highest BCUT2D eigenvalue weighted by molar-refractivity contribution is 5.94. The molecule has 0 unspecified atom stereocenters. The molecule has 4 nitrogen and oxygen atoms in total. The molecule has 1 aliphatic heterocycles. The van der Waals surface area contributed by atoms with Crippen LogP contribution in [0.1, 0.15) is 27.9 Å². The van der Waals surface area contributed by atoms with Crippen LogP contribution >= 0.6 is 0 Å². The van der Waals surface area contributed by atoms with Gasteiger partial charge >= 0.3 is 0 Å². The van der Waals surface area contributed by atoms with Crippen molar-refractivity contribution in [2.24, 2.45) is 0 Å². The Kier molecular flexibility index (Phi) is 4.81. The van der Waals surface area contributed by atoms with Crippen molar-refractivity contribution in [3.63, 3.8) is 0 Å². The molecule has 0 aliphatic carbocycles. The maximum Gasteiger partial charge on any atom is 0.251 e. The Labute approximate surface area is 136 Å². The zero-order chi connectivity index (χ0) is 16.1. The number of carbonyl (C=O) groups excluding carboxylic acids is 1. The van der Waals surface area contributed by atoms with Crippen molar-refractivity contribution in [1.29, 1.82) is 0 Å². The molecule has 1 N–H and O–H groups in total. The molecular weight excluding hydrogens is 290 g/mol. The van der Waals surface area contributed by atoms with Crippen LogP contribution < -0.4 is 14.8 Å². The van der Waals surface area contributed by atoms with Gasteiger partial charge < -0.3 is 14.8 Å². The molecule has 0 spiro atoms. The smallest absolute Gasteiger partial charge is 0.251 e. The third kappa shape index (κ3) is 4.03. The van der Waals surface area contributed by atoms with Gasteiger partial charge in [-0.15, -0.1) is 0 Å². The number of amides is 1. The molecule has 23 heavy (non-hydrogen) atoms. The SMILES string of the molecule is Cc1ccc(C(=O)NCCc2ccc3c(c2)OCCCO3)cc1. The molecule has 120 valence electrons. The Bertz CT molecular complexity index is 680. The number of benzene rings is 2. The van der Waals surface area contributed by atoms with E-state index in [1.807, 2.05) is 49.4 Å². The van der Waals surface area contributed by atoms with Crippen LogP contribution in [0, 0.1) is 6.92 Å². The number of nitrogens with one attached hydrogen (secondary N) is 1. The van der Waals surface area contributed by atoms with Gasteiger partial charge in [0.15, 0.2) is 11.5 Å². The van der Waals surface area contributed by atoms with Crippen molar-refractivity contribution in [2.45, 2.75) is 19.8 Å². The van der Waals surface area contributed by atoms with E-state index in [1.54, 1.807) is 0 Å². The Morgan fingerprint density at radius 1 is 1.04 bits per heavy atom. The average Bonchev–Trinajstić information content (AvgIpc) is 2.80. The second kappa shape index (κ2) is 7.18. The molecule has 2 aromatic rings. The van der Waals surface area contributed by atoms with E-state index < -0.39 is 0 Å². The van der Waals surface area contributed by atoms with E-state index in [2.05, 4.69) is 5.32 Å². The largest absolute Gasteiger partial charge is 0.490 e. The van der Waals surface area contributed by atoms with Crippen LogP contribution in [-0.2, 0) is 6.42 Å². The zero-order valence-electron chi connectivity index (χ0n) is 13.3. The van der Waals surface area contributed by atoms with Crippen molar-refractivity contribution in [3.8, 4) is 11.5 Å². The van der Waals surface area contributed by atoms with Gasteiger partial charge in [0.2, 0.25) is 0 Å². The van der Waals surface area contributed by atoms with Gasteiger partial charge in [-0.25, -0.2) is 0 Å². The zero-order valence-corrected chi connectivity index (χ0v) is 13.3. The lowest BCUT2D eigenvalue weighted by molar-refractivity contribution is 0.0954.